The molecule has 3 aromatic rings. The number of nitrogens with zero attached hydrogens (tertiary/aromatic N) is 2. The van der Waals surface area contributed by atoms with Crippen LogP contribution in [0, 0.1) is 12.8 Å². The molecule has 5 nitrogen and oxygen atoms in total. The second-order valence-corrected chi connectivity index (χ2v) is 10.1. The van der Waals surface area contributed by atoms with E-state index in [0.717, 1.165) is 28.3 Å². The van der Waals surface area contributed by atoms with Crippen molar-refractivity contribution in [3.63, 3.8) is 0 Å². The molecule has 3 rings (SSSR count). The number of sulfonamides is 1. The van der Waals surface area contributed by atoms with Crippen LogP contribution in [0.25, 0.3) is 5.69 Å². The fraction of sp³-hybridized carbons (Fsp3) is 0.278. The normalized spacial score (nSPS) is 13.3. The van der Waals surface area contributed by atoms with Gasteiger partial charge in [0.1, 0.15) is 4.21 Å². The second kappa shape index (κ2) is 7.52. The third kappa shape index (κ3) is 4.01. The van der Waals surface area contributed by atoms with Gasteiger partial charge in [0, 0.05) is 6.20 Å². The molecule has 1 unspecified atom stereocenters. The van der Waals surface area contributed by atoms with Gasteiger partial charge in [-0.3, -0.25) is 0 Å². The number of nitrogens with one attached hydrogen (secondary N) is 1. The van der Waals surface area contributed by atoms with Gasteiger partial charge >= 0.3 is 0 Å². The van der Waals surface area contributed by atoms with Gasteiger partial charge in [-0.2, -0.15) is 5.10 Å². The van der Waals surface area contributed by atoms with E-state index >= 15 is 0 Å². The monoisotopic (exact) mass is 409 g/mol. The molecule has 0 amide bonds. The Morgan fingerprint density at radius 2 is 1.96 bits per heavy atom. The van der Waals surface area contributed by atoms with E-state index < -0.39 is 16.1 Å². The van der Waals surface area contributed by atoms with Crippen LogP contribution in [-0.2, 0) is 10.0 Å². The van der Waals surface area contributed by atoms with Crippen molar-refractivity contribution in [2.45, 2.75) is 31.0 Å². The number of aromatic nitrogens is 2. The first-order chi connectivity index (χ1) is 12.3. The van der Waals surface area contributed by atoms with E-state index in [1.807, 2.05) is 51.1 Å². The summed E-state index contributed by atoms with van der Waals surface area (Å²) in [7, 11) is -3.67. The molecule has 1 atom stereocenters. The molecule has 0 saturated carbocycles. The van der Waals surface area contributed by atoms with E-state index in [9.17, 15) is 8.42 Å². The Bertz CT molecular complexity index is 1010. The van der Waals surface area contributed by atoms with Gasteiger partial charge in [0.25, 0.3) is 10.0 Å². The molecule has 2 aromatic heterocycles. The molecule has 0 aliphatic heterocycles. The number of halogens is 1. The third-order valence-electron chi connectivity index (χ3n) is 4.00. The number of hydrogen-bond donors (Lipinski definition) is 1. The molecule has 26 heavy (non-hydrogen) atoms. The fourth-order valence-corrected chi connectivity index (χ4v) is 5.59. The molecule has 138 valence electrons. The number of aryl methyl sites for hydroxylation is 1. The van der Waals surface area contributed by atoms with Crippen LogP contribution in [0.5, 0.6) is 0 Å². The smallest absolute Gasteiger partial charge is 0.236 e. The zero-order chi connectivity index (χ0) is 18.9. The Hall–Kier alpha value is -1.67. The summed E-state index contributed by atoms with van der Waals surface area (Å²) in [5.74, 6) is 0.0282. The Morgan fingerprint density at radius 3 is 2.58 bits per heavy atom. The van der Waals surface area contributed by atoms with Crippen LogP contribution in [0.15, 0.2) is 52.9 Å². The highest BCUT2D eigenvalue weighted by atomic mass is 35.5. The highest BCUT2D eigenvalue weighted by molar-refractivity contribution is 7.91. The molecular weight excluding hydrogens is 390 g/mol. The molecule has 1 aromatic carbocycles. The van der Waals surface area contributed by atoms with Gasteiger partial charge in [0.15, 0.2) is 0 Å². The molecule has 0 radical (unpaired) electrons. The van der Waals surface area contributed by atoms with Crippen LogP contribution >= 0.6 is 22.9 Å². The average Bonchev–Trinajstić information content (AvgIpc) is 3.21. The van der Waals surface area contributed by atoms with Crippen molar-refractivity contribution >= 4 is 33.0 Å². The maximum Gasteiger partial charge on any atom is 0.250 e. The van der Waals surface area contributed by atoms with Crippen molar-refractivity contribution in [1.29, 1.82) is 0 Å². The van der Waals surface area contributed by atoms with Crippen molar-refractivity contribution in [1.82, 2.24) is 14.5 Å². The summed E-state index contributed by atoms with van der Waals surface area (Å²) in [6, 6.07) is 12.5. The van der Waals surface area contributed by atoms with E-state index in [2.05, 4.69) is 9.82 Å². The first-order valence-electron chi connectivity index (χ1n) is 8.16. The Kier molecular flexibility index (Phi) is 5.53. The summed E-state index contributed by atoms with van der Waals surface area (Å²) in [5.41, 5.74) is 2.80. The summed E-state index contributed by atoms with van der Waals surface area (Å²) >= 11 is 6.94. The molecule has 0 spiro atoms. The first-order valence-corrected chi connectivity index (χ1v) is 10.8. The lowest BCUT2D eigenvalue weighted by Crippen LogP contribution is -2.32. The lowest BCUT2D eigenvalue weighted by atomic mass is 10.0. The molecular formula is C18H20ClN3O2S2. The number of thiophene rings is 1. The minimum absolute atomic E-state index is 0.0282. The van der Waals surface area contributed by atoms with E-state index in [4.69, 9.17) is 11.6 Å². The van der Waals surface area contributed by atoms with Crippen molar-refractivity contribution in [2.75, 3.05) is 0 Å². The molecule has 0 bridgehead atoms. The van der Waals surface area contributed by atoms with Crippen LogP contribution in [0.4, 0.5) is 0 Å². The lowest BCUT2D eigenvalue weighted by Gasteiger charge is -2.23. The summed E-state index contributed by atoms with van der Waals surface area (Å²) in [4.78, 5) is 0. The van der Waals surface area contributed by atoms with Gasteiger partial charge in [0.05, 0.1) is 21.8 Å². The maximum atomic E-state index is 12.8. The van der Waals surface area contributed by atoms with Crippen molar-refractivity contribution in [2.24, 2.45) is 5.92 Å². The molecule has 1 N–H and O–H groups in total. The lowest BCUT2D eigenvalue weighted by molar-refractivity contribution is 0.446. The zero-order valence-electron chi connectivity index (χ0n) is 14.7. The Labute approximate surface area is 162 Å². The predicted molar refractivity (Wildman–Crippen MR) is 106 cm³/mol. The van der Waals surface area contributed by atoms with Gasteiger partial charge in [-0.25, -0.2) is 17.8 Å². The van der Waals surface area contributed by atoms with Crippen LogP contribution in [0.2, 0.25) is 4.34 Å². The van der Waals surface area contributed by atoms with E-state index in [1.54, 1.807) is 16.9 Å². The predicted octanol–water partition coefficient (Wildman–Crippen LogP) is 4.57. The molecule has 0 fully saturated rings. The Morgan fingerprint density at radius 1 is 1.19 bits per heavy atom. The topological polar surface area (TPSA) is 64.0 Å². The van der Waals surface area contributed by atoms with Crippen LogP contribution < -0.4 is 4.72 Å². The van der Waals surface area contributed by atoms with Crippen LogP contribution in [0.3, 0.4) is 0 Å². The average molecular weight is 410 g/mol. The van der Waals surface area contributed by atoms with Gasteiger partial charge in [-0.1, -0.05) is 37.6 Å². The van der Waals surface area contributed by atoms with E-state index in [1.165, 1.54) is 6.07 Å². The SMILES string of the molecule is Cc1cccc(-n2nccc2C(NS(=O)(=O)c2ccc(Cl)s2)C(C)C)c1. The largest absolute Gasteiger partial charge is 0.250 e. The molecule has 8 heteroatoms. The highest BCUT2D eigenvalue weighted by Crippen LogP contribution is 2.30. The number of hydrogen-bond acceptors (Lipinski definition) is 4. The number of benzene rings is 1. The highest BCUT2D eigenvalue weighted by Gasteiger charge is 2.27. The fourth-order valence-electron chi connectivity index (χ4n) is 2.73. The zero-order valence-corrected chi connectivity index (χ0v) is 17.1. The van der Waals surface area contributed by atoms with Crippen LogP contribution in [0.1, 0.15) is 31.1 Å². The van der Waals surface area contributed by atoms with E-state index in [-0.39, 0.29) is 10.1 Å². The van der Waals surface area contributed by atoms with Gasteiger partial charge < -0.3 is 0 Å². The summed E-state index contributed by atoms with van der Waals surface area (Å²) in [5, 5.41) is 4.40. The molecule has 2 heterocycles. The van der Waals surface area contributed by atoms with Gasteiger partial charge in [-0.05, 0) is 48.7 Å². The minimum Gasteiger partial charge on any atom is -0.236 e. The molecule has 0 aliphatic carbocycles. The van der Waals surface area contributed by atoms with Crippen molar-refractivity contribution < 1.29 is 8.42 Å². The summed E-state index contributed by atoms with van der Waals surface area (Å²) < 4.78 is 30.8. The number of rotatable bonds is 6. The minimum atomic E-state index is -3.67. The van der Waals surface area contributed by atoms with Crippen molar-refractivity contribution in [3.05, 3.63) is 64.3 Å². The van der Waals surface area contributed by atoms with Gasteiger partial charge in [-0.15, -0.1) is 11.3 Å². The third-order valence-corrected chi connectivity index (χ3v) is 7.16. The van der Waals surface area contributed by atoms with Gasteiger partial charge in [0.2, 0.25) is 0 Å². The van der Waals surface area contributed by atoms with Crippen molar-refractivity contribution in [3.8, 4) is 5.69 Å². The van der Waals surface area contributed by atoms with Crippen LogP contribution in [-0.4, -0.2) is 18.2 Å². The summed E-state index contributed by atoms with van der Waals surface area (Å²) in [6.07, 6.45) is 1.68. The maximum absolute atomic E-state index is 12.8. The molecule has 0 aliphatic rings. The molecule has 0 saturated heterocycles. The summed E-state index contributed by atoms with van der Waals surface area (Å²) in [6.45, 7) is 5.96. The van der Waals surface area contributed by atoms with E-state index in [0.29, 0.717) is 4.34 Å². The quantitative estimate of drug-likeness (QED) is 0.648. The standard InChI is InChI=1S/C18H20ClN3O2S2/c1-12(2)18(21-26(23,24)17-8-7-16(19)25-17)15-9-10-20-22(15)14-6-4-5-13(3)11-14/h4-12,18,21H,1-3H3. The Balaban J connectivity index is 1.99. The second-order valence-electron chi connectivity index (χ2n) is 6.41. The first kappa shape index (κ1) is 19.1.